The third-order valence-corrected chi connectivity index (χ3v) is 5.40. The minimum Gasteiger partial charge on any atom is -0.345 e. The highest BCUT2D eigenvalue weighted by Crippen LogP contribution is 2.37. The number of nitrogens with zero attached hydrogens (tertiary/aromatic N) is 3. The average molecular weight is 432 g/mol. The van der Waals surface area contributed by atoms with Crippen LogP contribution in [0.15, 0.2) is 40.2 Å². The first-order chi connectivity index (χ1) is 14.2. The van der Waals surface area contributed by atoms with Crippen LogP contribution in [0, 0.1) is 13.8 Å². The van der Waals surface area contributed by atoms with Crippen molar-refractivity contribution in [3.63, 3.8) is 0 Å². The number of pyridine rings is 1. The minimum absolute atomic E-state index is 0.00257. The number of fused-ring (bicyclic) bond motifs is 1. The molecule has 3 heterocycles. The number of rotatable bonds is 4. The zero-order chi connectivity index (χ0) is 21.5. The number of alkyl halides is 3. The molecular formula is C20H15F3N4O2S. The second-order valence-corrected chi connectivity index (χ2v) is 7.55. The van der Waals surface area contributed by atoms with Gasteiger partial charge in [0, 0.05) is 16.6 Å². The molecule has 0 saturated carbocycles. The predicted octanol–water partition coefficient (Wildman–Crippen LogP) is 4.91. The van der Waals surface area contributed by atoms with E-state index in [1.54, 1.807) is 6.92 Å². The van der Waals surface area contributed by atoms with Gasteiger partial charge < -0.3 is 9.84 Å². The molecule has 1 aromatic carbocycles. The summed E-state index contributed by atoms with van der Waals surface area (Å²) in [7, 11) is 0. The number of benzene rings is 1. The van der Waals surface area contributed by atoms with Crippen molar-refractivity contribution in [1.29, 1.82) is 0 Å². The van der Waals surface area contributed by atoms with Gasteiger partial charge in [-0.2, -0.15) is 13.2 Å². The third-order valence-electron chi connectivity index (χ3n) is 4.44. The first-order valence-electron chi connectivity index (χ1n) is 8.87. The van der Waals surface area contributed by atoms with Gasteiger partial charge in [0.2, 0.25) is 0 Å². The van der Waals surface area contributed by atoms with Crippen molar-refractivity contribution in [2.24, 2.45) is 0 Å². The van der Waals surface area contributed by atoms with Crippen LogP contribution >= 0.6 is 11.3 Å². The second-order valence-electron chi connectivity index (χ2n) is 6.61. The highest BCUT2D eigenvalue weighted by Gasteiger charge is 2.34. The van der Waals surface area contributed by atoms with Crippen LogP contribution in [0.2, 0.25) is 0 Å². The summed E-state index contributed by atoms with van der Waals surface area (Å²) in [6.45, 7) is 3.68. The van der Waals surface area contributed by atoms with Crippen molar-refractivity contribution < 1.29 is 22.5 Å². The summed E-state index contributed by atoms with van der Waals surface area (Å²) in [4.78, 5) is 21.4. The molecule has 0 bridgehead atoms. The summed E-state index contributed by atoms with van der Waals surface area (Å²) in [5.41, 5.74) is 0.376. The molecule has 4 aromatic rings. The van der Waals surface area contributed by atoms with Gasteiger partial charge in [0.1, 0.15) is 5.01 Å². The van der Waals surface area contributed by atoms with E-state index in [0.717, 1.165) is 16.8 Å². The van der Waals surface area contributed by atoms with Crippen molar-refractivity contribution >= 4 is 28.3 Å². The van der Waals surface area contributed by atoms with Crippen LogP contribution in [0.4, 0.5) is 13.2 Å². The van der Waals surface area contributed by atoms with Crippen LogP contribution < -0.4 is 5.32 Å². The van der Waals surface area contributed by atoms with Gasteiger partial charge in [0.05, 0.1) is 34.4 Å². The van der Waals surface area contributed by atoms with Crippen molar-refractivity contribution in [2.75, 3.05) is 0 Å². The lowest BCUT2D eigenvalue weighted by Crippen LogP contribution is -2.23. The summed E-state index contributed by atoms with van der Waals surface area (Å²) in [6, 6.07) is 6.39. The normalized spacial score (nSPS) is 11.8. The molecule has 0 aliphatic rings. The first-order valence-corrected chi connectivity index (χ1v) is 9.75. The van der Waals surface area contributed by atoms with Gasteiger partial charge in [0.15, 0.2) is 0 Å². The molecule has 0 aliphatic carbocycles. The zero-order valence-corrected chi connectivity index (χ0v) is 16.7. The van der Waals surface area contributed by atoms with E-state index in [-0.39, 0.29) is 29.1 Å². The Morgan fingerprint density at radius 2 is 1.97 bits per heavy atom. The number of carbonyl (C=O) groups is 1. The molecule has 10 heteroatoms. The highest BCUT2D eigenvalue weighted by atomic mass is 32.1. The third kappa shape index (κ3) is 3.78. The van der Waals surface area contributed by atoms with Gasteiger partial charge in [-0.05, 0) is 26.0 Å². The van der Waals surface area contributed by atoms with Crippen LogP contribution in [0.1, 0.15) is 32.3 Å². The molecule has 3 aromatic heterocycles. The molecule has 154 valence electrons. The fourth-order valence-electron chi connectivity index (χ4n) is 3.10. The van der Waals surface area contributed by atoms with Gasteiger partial charge in [-0.3, -0.25) is 4.79 Å². The summed E-state index contributed by atoms with van der Waals surface area (Å²) in [5, 5.41) is 9.51. The van der Waals surface area contributed by atoms with Gasteiger partial charge >= 0.3 is 6.18 Å². The quantitative estimate of drug-likeness (QED) is 0.496. The van der Waals surface area contributed by atoms with E-state index in [4.69, 9.17) is 4.52 Å². The molecule has 1 amide bonds. The number of amides is 1. The number of aryl methyl sites for hydroxylation is 2. The number of hydrogen-bond donors (Lipinski definition) is 1. The fraction of sp³-hybridized carbons (Fsp3) is 0.200. The van der Waals surface area contributed by atoms with Crippen LogP contribution in [0.5, 0.6) is 0 Å². The number of aromatic nitrogens is 3. The Labute approximate surface area is 172 Å². The minimum atomic E-state index is -4.57. The molecule has 0 aliphatic heterocycles. The van der Waals surface area contributed by atoms with Crippen molar-refractivity contribution in [3.05, 3.63) is 63.2 Å². The van der Waals surface area contributed by atoms with Crippen LogP contribution in [0.25, 0.3) is 22.4 Å². The maximum absolute atomic E-state index is 13.5. The lowest BCUT2D eigenvalue weighted by Gasteiger charge is -2.13. The zero-order valence-electron chi connectivity index (χ0n) is 15.9. The fourth-order valence-corrected chi connectivity index (χ4v) is 3.81. The molecule has 0 radical (unpaired) electrons. The topological polar surface area (TPSA) is 80.9 Å². The van der Waals surface area contributed by atoms with Crippen LogP contribution in [0.3, 0.4) is 0 Å². The Kier molecular flexibility index (Phi) is 5.02. The average Bonchev–Trinajstić information content (AvgIpc) is 3.30. The Morgan fingerprint density at radius 1 is 1.20 bits per heavy atom. The predicted molar refractivity (Wildman–Crippen MR) is 105 cm³/mol. The molecular weight excluding hydrogens is 417 g/mol. The molecule has 0 unspecified atom stereocenters. The molecule has 0 spiro atoms. The monoisotopic (exact) mass is 432 g/mol. The smallest absolute Gasteiger partial charge is 0.345 e. The maximum atomic E-state index is 13.5. The van der Waals surface area contributed by atoms with Crippen LogP contribution in [-0.2, 0) is 12.7 Å². The van der Waals surface area contributed by atoms with Gasteiger partial charge in [0.25, 0.3) is 11.6 Å². The van der Waals surface area contributed by atoms with Gasteiger partial charge in [-0.15, -0.1) is 11.3 Å². The maximum Gasteiger partial charge on any atom is 0.417 e. The largest absolute Gasteiger partial charge is 0.417 e. The summed E-state index contributed by atoms with van der Waals surface area (Å²) in [6.07, 6.45) is -4.57. The van der Waals surface area contributed by atoms with E-state index in [9.17, 15) is 18.0 Å². The van der Waals surface area contributed by atoms with Crippen molar-refractivity contribution in [2.45, 2.75) is 26.6 Å². The lowest BCUT2D eigenvalue weighted by atomic mass is 10.0. The molecule has 0 saturated heterocycles. The molecule has 30 heavy (non-hydrogen) atoms. The molecule has 0 fully saturated rings. The standard InChI is InChI=1S/C20H15F3N4O2S/c1-10-9-30-16(25-10)8-24-18(28)13-7-15(26-19-17(13)11(2)27-29-19)12-5-3-4-6-14(12)20(21,22)23/h3-7,9H,8H2,1-2H3,(H,24,28). The van der Waals surface area contributed by atoms with Gasteiger partial charge in [-0.1, -0.05) is 23.4 Å². The number of hydrogen-bond acceptors (Lipinski definition) is 6. The van der Waals surface area contributed by atoms with Crippen LogP contribution in [-0.4, -0.2) is 21.0 Å². The summed E-state index contributed by atoms with van der Waals surface area (Å²) < 4.78 is 45.6. The SMILES string of the molecule is Cc1csc(CNC(=O)c2cc(-c3ccccc3C(F)(F)F)nc3onc(C)c23)n1. The highest BCUT2D eigenvalue weighted by molar-refractivity contribution is 7.09. The van der Waals surface area contributed by atoms with Gasteiger partial charge in [-0.25, -0.2) is 9.97 Å². The van der Waals surface area contributed by atoms with E-state index in [1.165, 1.54) is 35.6 Å². The molecule has 6 nitrogen and oxygen atoms in total. The Balaban J connectivity index is 1.79. The number of carbonyl (C=O) groups excluding carboxylic acids is 1. The van der Waals surface area contributed by atoms with Crippen molar-refractivity contribution in [1.82, 2.24) is 20.4 Å². The molecule has 4 rings (SSSR count). The van der Waals surface area contributed by atoms with E-state index in [1.807, 2.05) is 12.3 Å². The first kappa shape index (κ1) is 20.0. The number of halogens is 3. The van der Waals surface area contributed by atoms with E-state index < -0.39 is 17.6 Å². The molecule has 0 atom stereocenters. The van der Waals surface area contributed by atoms with E-state index >= 15 is 0 Å². The van der Waals surface area contributed by atoms with E-state index in [2.05, 4.69) is 20.4 Å². The second kappa shape index (κ2) is 7.52. The summed E-state index contributed by atoms with van der Waals surface area (Å²) >= 11 is 1.41. The lowest BCUT2D eigenvalue weighted by molar-refractivity contribution is -0.137. The van der Waals surface area contributed by atoms with E-state index in [0.29, 0.717) is 11.1 Å². The number of nitrogens with one attached hydrogen (secondary N) is 1. The number of thiazole rings is 1. The molecule has 1 N–H and O–H groups in total. The summed E-state index contributed by atoms with van der Waals surface area (Å²) in [5.74, 6) is -0.479. The van der Waals surface area contributed by atoms with Crippen molar-refractivity contribution in [3.8, 4) is 11.3 Å². The Morgan fingerprint density at radius 3 is 2.67 bits per heavy atom. The Bertz CT molecular complexity index is 1250. The Hall–Kier alpha value is -3.27.